The normalized spacial score (nSPS) is 24.9. The van der Waals surface area contributed by atoms with Crippen LogP contribution < -0.4 is 16.0 Å². The number of hydrogen-bond donors (Lipinski definition) is 3. The van der Waals surface area contributed by atoms with Crippen molar-refractivity contribution in [1.82, 2.24) is 20.7 Å². The SMILES string of the molecule is CCOC1OC(=O)CC1NC(=O)C1CCCN2C(=O)CCC(NC(=O)c3ccc(NC(C)=O)c(Cl)c3)C(=O)N12. The number of cyclic esters (lactones) is 1. The minimum absolute atomic E-state index is 0.0128. The van der Waals surface area contributed by atoms with E-state index in [1.807, 2.05) is 0 Å². The maximum Gasteiger partial charge on any atom is 0.310 e. The Labute approximate surface area is 229 Å². The number of anilines is 1. The molecule has 1 aromatic rings. The summed E-state index contributed by atoms with van der Waals surface area (Å²) in [6, 6.07) is 1.42. The molecule has 0 bridgehead atoms. The van der Waals surface area contributed by atoms with E-state index in [0.29, 0.717) is 12.1 Å². The van der Waals surface area contributed by atoms with Crippen LogP contribution in [0.2, 0.25) is 5.02 Å². The van der Waals surface area contributed by atoms with Crippen molar-refractivity contribution in [1.29, 1.82) is 0 Å². The Hall–Kier alpha value is -3.71. The molecule has 0 aromatic heterocycles. The Morgan fingerprint density at radius 1 is 1.15 bits per heavy atom. The quantitative estimate of drug-likeness (QED) is 0.408. The molecule has 0 radical (unpaired) electrons. The fraction of sp³-hybridized carbons (Fsp3) is 0.520. The Balaban J connectivity index is 1.51. The van der Waals surface area contributed by atoms with Gasteiger partial charge in [-0.1, -0.05) is 11.6 Å². The third-order valence-corrected chi connectivity index (χ3v) is 6.95. The van der Waals surface area contributed by atoms with Gasteiger partial charge in [0, 0.05) is 32.1 Å². The number of ether oxygens (including phenoxy) is 2. The van der Waals surface area contributed by atoms with Gasteiger partial charge in [0.05, 0.1) is 17.1 Å². The molecule has 4 unspecified atom stereocenters. The maximum atomic E-state index is 13.7. The maximum absolute atomic E-state index is 13.7. The van der Waals surface area contributed by atoms with Crippen molar-refractivity contribution in [3.05, 3.63) is 28.8 Å². The molecule has 3 aliphatic heterocycles. The van der Waals surface area contributed by atoms with Gasteiger partial charge < -0.3 is 25.4 Å². The minimum atomic E-state index is -1.08. The van der Waals surface area contributed by atoms with Crippen LogP contribution in [0.3, 0.4) is 0 Å². The topological polar surface area (TPSA) is 163 Å². The van der Waals surface area contributed by atoms with Crippen LogP contribution in [0.5, 0.6) is 0 Å². The van der Waals surface area contributed by atoms with Crippen molar-refractivity contribution >= 4 is 52.8 Å². The van der Waals surface area contributed by atoms with E-state index in [1.165, 1.54) is 30.1 Å². The van der Waals surface area contributed by atoms with Gasteiger partial charge in [-0.3, -0.25) is 33.8 Å². The number of carbonyl (C=O) groups is 6. The fourth-order valence-electron chi connectivity index (χ4n) is 4.84. The third kappa shape index (κ3) is 6.31. The molecule has 3 N–H and O–H groups in total. The van der Waals surface area contributed by atoms with E-state index < -0.39 is 48.1 Å². The summed E-state index contributed by atoms with van der Waals surface area (Å²) in [5.74, 6) is -2.95. The van der Waals surface area contributed by atoms with Crippen molar-refractivity contribution in [2.75, 3.05) is 18.5 Å². The zero-order valence-corrected chi connectivity index (χ0v) is 22.3. The second-order valence-electron chi connectivity index (χ2n) is 9.43. The van der Waals surface area contributed by atoms with E-state index in [4.69, 9.17) is 21.1 Å². The van der Waals surface area contributed by atoms with Gasteiger partial charge in [-0.05, 0) is 44.4 Å². The number of nitrogens with zero attached hydrogens (tertiary/aromatic N) is 2. The van der Waals surface area contributed by atoms with Gasteiger partial charge in [-0.25, -0.2) is 5.01 Å². The van der Waals surface area contributed by atoms with Crippen molar-refractivity contribution < 1.29 is 38.2 Å². The van der Waals surface area contributed by atoms with Gasteiger partial charge in [0.15, 0.2) is 0 Å². The monoisotopic (exact) mass is 563 g/mol. The lowest BCUT2D eigenvalue weighted by molar-refractivity contribution is -0.177. The molecule has 3 aliphatic rings. The summed E-state index contributed by atoms with van der Waals surface area (Å²) in [5.41, 5.74) is 0.478. The van der Waals surface area contributed by atoms with Crippen LogP contribution in [-0.4, -0.2) is 83.1 Å². The number of hydrogen-bond acceptors (Lipinski definition) is 8. The molecule has 0 aliphatic carbocycles. The summed E-state index contributed by atoms with van der Waals surface area (Å²) < 4.78 is 10.5. The molecule has 3 fully saturated rings. The number of nitrogens with one attached hydrogen (secondary N) is 3. The van der Waals surface area contributed by atoms with Gasteiger partial charge in [0.2, 0.25) is 24.0 Å². The molecule has 14 heteroatoms. The predicted molar refractivity (Wildman–Crippen MR) is 136 cm³/mol. The Bertz CT molecular complexity index is 1190. The summed E-state index contributed by atoms with van der Waals surface area (Å²) in [7, 11) is 0. The van der Waals surface area contributed by atoms with E-state index in [9.17, 15) is 28.8 Å². The van der Waals surface area contributed by atoms with Crippen LogP contribution in [0.25, 0.3) is 0 Å². The lowest BCUT2D eigenvalue weighted by atomic mass is 10.0. The van der Waals surface area contributed by atoms with Gasteiger partial charge in [0.1, 0.15) is 18.1 Å². The second kappa shape index (κ2) is 12.0. The second-order valence-corrected chi connectivity index (χ2v) is 9.84. The molecule has 3 heterocycles. The summed E-state index contributed by atoms with van der Waals surface area (Å²) in [6.07, 6.45) is -0.228. The number of halogens is 1. The molecule has 1 aromatic carbocycles. The Morgan fingerprint density at radius 2 is 1.92 bits per heavy atom. The summed E-state index contributed by atoms with van der Waals surface area (Å²) in [4.78, 5) is 76.0. The first-order chi connectivity index (χ1) is 18.6. The van der Waals surface area contributed by atoms with Gasteiger partial charge in [-0.15, -0.1) is 0 Å². The first-order valence-corrected chi connectivity index (χ1v) is 13.1. The first-order valence-electron chi connectivity index (χ1n) is 12.7. The van der Waals surface area contributed by atoms with Gasteiger partial charge >= 0.3 is 5.97 Å². The lowest BCUT2D eigenvalue weighted by Gasteiger charge is -2.43. The highest BCUT2D eigenvalue weighted by molar-refractivity contribution is 6.34. The predicted octanol–water partition coefficient (Wildman–Crippen LogP) is 0.720. The number of esters is 1. The summed E-state index contributed by atoms with van der Waals surface area (Å²) in [5, 5.41) is 10.5. The molecule has 5 amide bonds. The van der Waals surface area contributed by atoms with Crippen LogP contribution >= 0.6 is 11.6 Å². The van der Waals surface area contributed by atoms with E-state index >= 15 is 0 Å². The number of benzene rings is 1. The van der Waals surface area contributed by atoms with Crippen LogP contribution in [0, 0.1) is 0 Å². The van der Waals surface area contributed by atoms with E-state index in [0.717, 1.165) is 5.01 Å². The Kier molecular flexibility index (Phi) is 8.70. The largest absolute Gasteiger partial charge is 0.433 e. The van der Waals surface area contributed by atoms with Crippen LogP contribution in [0.15, 0.2) is 18.2 Å². The molecule has 4 atom stereocenters. The number of amides is 5. The van der Waals surface area contributed by atoms with E-state index in [1.54, 1.807) is 6.92 Å². The van der Waals surface area contributed by atoms with Crippen molar-refractivity contribution in [2.24, 2.45) is 0 Å². The summed E-state index contributed by atoms with van der Waals surface area (Å²) >= 11 is 6.18. The molecule has 3 saturated heterocycles. The number of fused-ring (bicyclic) bond motifs is 1. The number of carbonyl (C=O) groups excluding carboxylic acids is 6. The average molecular weight is 564 g/mol. The fourth-order valence-corrected chi connectivity index (χ4v) is 5.07. The highest BCUT2D eigenvalue weighted by Gasteiger charge is 2.46. The highest BCUT2D eigenvalue weighted by Crippen LogP contribution is 2.27. The minimum Gasteiger partial charge on any atom is -0.433 e. The van der Waals surface area contributed by atoms with E-state index in [-0.39, 0.29) is 61.2 Å². The molecule has 0 spiro atoms. The average Bonchev–Trinajstić information content (AvgIpc) is 3.18. The zero-order chi connectivity index (χ0) is 28.3. The molecule has 39 heavy (non-hydrogen) atoms. The lowest BCUT2D eigenvalue weighted by Crippen LogP contribution is -2.64. The zero-order valence-electron chi connectivity index (χ0n) is 21.5. The van der Waals surface area contributed by atoms with Gasteiger partial charge in [0.25, 0.3) is 11.8 Å². The van der Waals surface area contributed by atoms with Crippen LogP contribution in [0.1, 0.15) is 56.3 Å². The van der Waals surface area contributed by atoms with Crippen molar-refractivity contribution in [2.45, 2.75) is 70.4 Å². The third-order valence-electron chi connectivity index (χ3n) is 6.63. The first kappa shape index (κ1) is 28.3. The number of rotatable bonds is 7. The van der Waals surface area contributed by atoms with Crippen molar-refractivity contribution in [3.63, 3.8) is 0 Å². The standard InChI is InChI=1S/C25H30ClN5O8/c1-3-38-25-18(12-21(34)39-25)29-23(36)19-5-4-10-30-20(33)9-8-17(24(37)31(19)30)28-22(35)14-6-7-16(15(26)11-14)27-13(2)32/h6-7,11,17-19,25H,3-5,8-10,12H2,1-2H3,(H,27,32)(H,28,35)(H,29,36). The van der Waals surface area contributed by atoms with Crippen molar-refractivity contribution in [3.8, 4) is 0 Å². The highest BCUT2D eigenvalue weighted by atomic mass is 35.5. The smallest absolute Gasteiger partial charge is 0.310 e. The molecule has 210 valence electrons. The number of hydrazine groups is 1. The Morgan fingerprint density at radius 3 is 2.62 bits per heavy atom. The molecular weight excluding hydrogens is 534 g/mol. The summed E-state index contributed by atoms with van der Waals surface area (Å²) in [6.45, 7) is 3.57. The molecule has 13 nitrogen and oxygen atoms in total. The van der Waals surface area contributed by atoms with Crippen LogP contribution in [0.4, 0.5) is 5.69 Å². The molecule has 0 saturated carbocycles. The van der Waals surface area contributed by atoms with Crippen LogP contribution in [-0.2, 0) is 33.4 Å². The van der Waals surface area contributed by atoms with E-state index in [2.05, 4.69) is 16.0 Å². The van der Waals surface area contributed by atoms with Gasteiger partial charge in [-0.2, -0.15) is 0 Å². The molecule has 4 rings (SSSR count). The molecular formula is C25H30ClN5O8.